The zero-order chi connectivity index (χ0) is 28.5. The number of hydrogen-bond donors (Lipinski definition) is 2. The van der Waals surface area contributed by atoms with E-state index in [2.05, 4.69) is 22.7 Å². The Morgan fingerprint density at radius 3 is 2.46 bits per heavy atom. The fraction of sp³-hybridized carbons (Fsp3) is 0.273. The lowest BCUT2D eigenvalue weighted by Gasteiger charge is -2.30. The van der Waals surface area contributed by atoms with E-state index in [1.54, 1.807) is 12.1 Å². The Morgan fingerprint density at radius 2 is 1.73 bits per heavy atom. The molecular weight excluding hydrogens is 525 g/mol. The summed E-state index contributed by atoms with van der Waals surface area (Å²) in [6.45, 7) is 2.23. The Bertz CT molecular complexity index is 1580. The highest BCUT2D eigenvalue weighted by Gasteiger charge is 2.37. The van der Waals surface area contributed by atoms with Crippen LogP contribution in [0, 0.1) is 23.4 Å². The highest BCUT2D eigenvalue weighted by Crippen LogP contribution is 2.49. The van der Waals surface area contributed by atoms with Gasteiger partial charge in [0.2, 0.25) is 0 Å². The van der Waals surface area contributed by atoms with Crippen LogP contribution in [0.1, 0.15) is 60.5 Å². The number of benzene rings is 3. The summed E-state index contributed by atoms with van der Waals surface area (Å²) in [7, 11) is 0. The molecular formula is C33H31F3N4O. The van der Waals surface area contributed by atoms with Crippen LogP contribution in [-0.4, -0.2) is 15.8 Å². The molecule has 41 heavy (non-hydrogen) atoms. The van der Waals surface area contributed by atoms with E-state index in [0.29, 0.717) is 5.56 Å². The molecule has 0 fully saturated rings. The molecule has 3 aromatic carbocycles. The molecule has 0 saturated heterocycles. The maximum Gasteiger partial charge on any atom is 0.315 e. The quantitative estimate of drug-likeness (QED) is 0.235. The number of halogens is 3. The number of carbonyl (C=O) groups excluding carboxylic acids is 1. The highest BCUT2D eigenvalue weighted by atomic mass is 19.1. The molecule has 0 aliphatic heterocycles. The van der Waals surface area contributed by atoms with Gasteiger partial charge in [-0.1, -0.05) is 48.4 Å². The van der Waals surface area contributed by atoms with Gasteiger partial charge >= 0.3 is 6.03 Å². The van der Waals surface area contributed by atoms with E-state index < -0.39 is 17.7 Å². The lowest BCUT2D eigenvalue weighted by Crippen LogP contribution is -2.38. The minimum Gasteiger partial charge on any atom is -0.334 e. The molecule has 0 bridgehead atoms. The monoisotopic (exact) mass is 556 g/mol. The maximum absolute atomic E-state index is 13.6. The van der Waals surface area contributed by atoms with Crippen molar-refractivity contribution in [1.29, 1.82) is 0 Å². The number of urea groups is 1. The van der Waals surface area contributed by atoms with E-state index >= 15 is 0 Å². The van der Waals surface area contributed by atoms with Crippen molar-refractivity contribution in [1.82, 2.24) is 20.4 Å². The third-order valence-electron chi connectivity index (χ3n) is 8.33. The van der Waals surface area contributed by atoms with Gasteiger partial charge in [-0.15, -0.1) is 0 Å². The van der Waals surface area contributed by atoms with Gasteiger partial charge < -0.3 is 10.6 Å². The number of nitrogens with one attached hydrogen (secondary N) is 2. The van der Waals surface area contributed by atoms with Crippen LogP contribution in [-0.2, 0) is 13.0 Å². The van der Waals surface area contributed by atoms with Crippen LogP contribution in [0.25, 0.3) is 5.69 Å². The fourth-order valence-electron chi connectivity index (χ4n) is 6.48. The Balaban J connectivity index is 1.19. The summed E-state index contributed by atoms with van der Waals surface area (Å²) in [4.78, 5) is 13.0. The first kappa shape index (κ1) is 26.9. The molecule has 1 aromatic heterocycles. The first-order valence-corrected chi connectivity index (χ1v) is 13.9. The van der Waals surface area contributed by atoms with Crippen LogP contribution in [0.15, 0.2) is 90.1 Å². The number of fused-ring (bicyclic) bond motifs is 1. The van der Waals surface area contributed by atoms with Crippen LogP contribution in [0.4, 0.5) is 18.0 Å². The molecule has 210 valence electrons. The number of rotatable bonds is 7. The molecule has 0 radical (unpaired) electrons. The summed E-state index contributed by atoms with van der Waals surface area (Å²) in [6.07, 6.45) is 5.45. The molecule has 2 aliphatic carbocycles. The molecule has 2 amide bonds. The maximum atomic E-state index is 13.6. The second kappa shape index (κ2) is 11.3. The fourth-order valence-corrected chi connectivity index (χ4v) is 6.48. The summed E-state index contributed by atoms with van der Waals surface area (Å²) in [5, 5.41) is 10.5. The third-order valence-corrected chi connectivity index (χ3v) is 8.33. The zero-order valence-electron chi connectivity index (χ0n) is 22.7. The Morgan fingerprint density at radius 1 is 1.00 bits per heavy atom. The second-order valence-corrected chi connectivity index (χ2v) is 10.9. The number of carbonyl (C=O) groups is 1. The zero-order valence-corrected chi connectivity index (χ0v) is 22.7. The SMILES string of the molecule is C[C@@H]1C2=C(CC[C@@H]2CC(NC(=O)NCc2cc(F)cc(F)c2)c2ccccc2)Cc2c1cnn2-c1ccc(F)cc1. The van der Waals surface area contributed by atoms with E-state index in [9.17, 15) is 18.0 Å². The van der Waals surface area contributed by atoms with Crippen molar-refractivity contribution in [3.63, 3.8) is 0 Å². The lowest BCUT2D eigenvalue weighted by atomic mass is 9.78. The van der Waals surface area contributed by atoms with Gasteiger partial charge in [-0.2, -0.15) is 5.10 Å². The summed E-state index contributed by atoms with van der Waals surface area (Å²) >= 11 is 0. The highest BCUT2D eigenvalue weighted by molar-refractivity contribution is 5.74. The minimum atomic E-state index is -0.678. The average molecular weight is 557 g/mol. The summed E-state index contributed by atoms with van der Waals surface area (Å²) in [5.41, 5.74) is 7.38. The standard InChI is InChI=1S/C33H31F3N4O/c1-20-29-19-38-40(28-11-9-25(34)10-12-28)31(29)16-24-8-7-23(32(20)24)15-30(22-5-3-2-4-6-22)39-33(41)37-18-21-13-26(35)17-27(36)14-21/h2-6,9-14,17,19-20,23,30H,7-8,15-16,18H2,1H3,(H2,37,39,41)/t20-,23+,30?/m0/s1. The van der Waals surface area contributed by atoms with Gasteiger partial charge in [-0.25, -0.2) is 22.6 Å². The average Bonchev–Trinajstić information content (AvgIpc) is 3.57. The van der Waals surface area contributed by atoms with Crippen molar-refractivity contribution in [3.05, 3.63) is 130 Å². The van der Waals surface area contributed by atoms with E-state index in [1.807, 2.05) is 41.2 Å². The topological polar surface area (TPSA) is 59.0 Å². The minimum absolute atomic E-state index is 0.0125. The van der Waals surface area contributed by atoms with E-state index in [4.69, 9.17) is 0 Å². The van der Waals surface area contributed by atoms with Crippen molar-refractivity contribution in [2.75, 3.05) is 0 Å². The smallest absolute Gasteiger partial charge is 0.315 e. The summed E-state index contributed by atoms with van der Waals surface area (Å²) in [5.74, 6) is -1.16. The van der Waals surface area contributed by atoms with Crippen LogP contribution in [0.2, 0.25) is 0 Å². The number of amides is 2. The Labute approximate surface area is 237 Å². The molecule has 0 spiro atoms. The molecule has 8 heteroatoms. The Kier molecular flexibility index (Phi) is 7.39. The predicted molar refractivity (Wildman–Crippen MR) is 151 cm³/mol. The third kappa shape index (κ3) is 5.64. The van der Waals surface area contributed by atoms with Crippen molar-refractivity contribution < 1.29 is 18.0 Å². The van der Waals surface area contributed by atoms with Crippen LogP contribution in [0.3, 0.4) is 0 Å². The van der Waals surface area contributed by atoms with Gasteiger partial charge in [-0.05, 0) is 72.7 Å². The van der Waals surface area contributed by atoms with Crippen molar-refractivity contribution in [2.45, 2.75) is 51.1 Å². The molecule has 2 aliphatic rings. The second-order valence-electron chi connectivity index (χ2n) is 10.9. The van der Waals surface area contributed by atoms with Crippen LogP contribution >= 0.6 is 0 Å². The summed E-state index contributed by atoms with van der Waals surface area (Å²) < 4.78 is 42.6. The molecule has 1 unspecified atom stereocenters. The number of aromatic nitrogens is 2. The number of hydrogen-bond acceptors (Lipinski definition) is 2. The summed E-state index contributed by atoms with van der Waals surface area (Å²) in [6, 6.07) is 18.9. The van der Waals surface area contributed by atoms with Crippen molar-refractivity contribution >= 4 is 6.03 Å². The largest absolute Gasteiger partial charge is 0.334 e. The molecule has 5 nitrogen and oxygen atoms in total. The van der Waals surface area contributed by atoms with Crippen LogP contribution in [0.5, 0.6) is 0 Å². The van der Waals surface area contributed by atoms with Gasteiger partial charge in [-0.3, -0.25) is 0 Å². The van der Waals surface area contributed by atoms with Gasteiger partial charge in [0.05, 0.1) is 23.6 Å². The van der Waals surface area contributed by atoms with E-state index in [-0.39, 0.29) is 30.2 Å². The van der Waals surface area contributed by atoms with Crippen LogP contribution < -0.4 is 10.6 Å². The van der Waals surface area contributed by atoms with Gasteiger partial charge in [0.15, 0.2) is 0 Å². The van der Waals surface area contributed by atoms with Crippen molar-refractivity contribution in [2.24, 2.45) is 5.92 Å². The lowest BCUT2D eigenvalue weighted by molar-refractivity contribution is 0.234. The first-order valence-electron chi connectivity index (χ1n) is 13.9. The molecule has 0 saturated carbocycles. The predicted octanol–water partition coefficient (Wildman–Crippen LogP) is 7.29. The van der Waals surface area contributed by atoms with Gasteiger partial charge in [0.25, 0.3) is 0 Å². The van der Waals surface area contributed by atoms with Gasteiger partial charge in [0, 0.05) is 30.5 Å². The Hall–Kier alpha value is -4.33. The first-order chi connectivity index (χ1) is 19.9. The molecule has 1 heterocycles. The molecule has 4 aromatic rings. The number of allylic oxidation sites excluding steroid dienone is 2. The van der Waals surface area contributed by atoms with E-state index in [0.717, 1.165) is 48.7 Å². The van der Waals surface area contributed by atoms with Gasteiger partial charge in [0.1, 0.15) is 17.5 Å². The molecule has 3 atom stereocenters. The van der Waals surface area contributed by atoms with E-state index in [1.165, 1.54) is 41.0 Å². The molecule has 2 N–H and O–H groups in total. The number of nitrogens with zero attached hydrogens (tertiary/aromatic N) is 2. The molecule has 6 rings (SSSR count). The van der Waals surface area contributed by atoms with Crippen molar-refractivity contribution in [3.8, 4) is 5.69 Å². The normalized spacial score (nSPS) is 18.5.